The zero-order valence-electron chi connectivity index (χ0n) is 9.33. The molecule has 0 saturated heterocycles. The SMILES string of the molecule is [3H]N(I)B(B([B])B([B-])[B-])B(B([B])[B])B([B])[B]. The molecule has 0 unspecified atom stereocenters. The van der Waals surface area contributed by atoms with Crippen molar-refractivity contribution in [3.63, 3.8) is 0 Å². The van der Waals surface area contributed by atoms with E-state index in [-0.39, 0.29) is 0 Å². The highest BCUT2D eigenvalue weighted by atomic mass is 127. The summed E-state index contributed by atoms with van der Waals surface area (Å²) in [5, 5.41) is 0. The van der Waals surface area contributed by atoms with Gasteiger partial charge in [-0.2, -0.15) is 0 Å². The lowest BCUT2D eigenvalue weighted by molar-refractivity contribution is 1.79. The molecule has 54 valence electrons. The van der Waals surface area contributed by atoms with Gasteiger partial charge in [0.15, 0.2) is 0 Å². The summed E-state index contributed by atoms with van der Waals surface area (Å²) < 4.78 is 8.64. The fraction of sp³-hybridized carbons (Fsp3) is 0. The zero-order chi connectivity index (χ0) is 13.0. The molecule has 15 heteroatoms. The molecule has 0 saturated carbocycles. The Morgan fingerprint density at radius 2 is 1.47 bits per heavy atom. The Morgan fingerprint density at radius 1 is 1.07 bits per heavy atom. The van der Waals surface area contributed by atoms with Crippen LogP contribution in [0.1, 0.15) is 0 Å². The molecule has 0 aliphatic heterocycles. The van der Waals surface area contributed by atoms with Crippen LogP contribution < -0.4 is 3.43 Å². The van der Waals surface area contributed by atoms with Crippen molar-refractivity contribution in [2.45, 2.75) is 0 Å². The molecule has 0 amide bonds. The van der Waals surface area contributed by atoms with Crippen LogP contribution in [-0.4, -0.2) is 92.7 Å². The van der Waals surface area contributed by atoms with Gasteiger partial charge in [-0.25, -0.2) is 0 Å². The van der Waals surface area contributed by atoms with E-state index in [9.17, 15) is 0 Å². The van der Waals surface area contributed by atoms with Gasteiger partial charge in [0.1, 0.15) is 8.04 Å². The topological polar surface area (TPSA) is 12.0 Å². The van der Waals surface area contributed by atoms with Crippen molar-refractivity contribution in [2.75, 3.05) is 0 Å². The smallest absolute Gasteiger partial charge is 0.124 e. The molecule has 15 heavy (non-hydrogen) atoms. The Kier molecular flexibility index (Phi) is 7.57. The molecule has 0 aliphatic rings. The van der Waals surface area contributed by atoms with Crippen molar-refractivity contribution < 1.29 is 1.41 Å². The van der Waals surface area contributed by atoms with Crippen LogP contribution in [0.15, 0.2) is 0 Å². The molecule has 0 rings (SSSR count). The van der Waals surface area contributed by atoms with Gasteiger partial charge < -0.3 is 25.3 Å². The lowest BCUT2D eigenvalue weighted by Crippen LogP contribution is -2.73. The first-order valence-corrected chi connectivity index (χ1v) is 5.39. The predicted molar refractivity (Wildman–Crippen MR) is 92.0 cm³/mol. The Morgan fingerprint density at radius 3 is 1.67 bits per heavy atom. The second kappa shape index (κ2) is 7.78. The Labute approximate surface area is 120 Å². The van der Waals surface area contributed by atoms with Crippen molar-refractivity contribution in [3.05, 3.63) is 0 Å². The quantitative estimate of drug-likeness (QED) is 0.294. The molecule has 0 atom stereocenters. The number of nitrogens with one attached hydrogen (secondary N) is 1. The molecule has 0 aliphatic carbocycles. The van der Waals surface area contributed by atoms with E-state index in [0.29, 0.717) is 0 Å². The first-order valence-electron chi connectivity index (χ1n) is 4.87. The maximum absolute atomic E-state index is 7.58. The fourth-order valence-electron chi connectivity index (χ4n) is 1.33. The van der Waals surface area contributed by atoms with Gasteiger partial charge in [0.2, 0.25) is 0 Å². The molecule has 0 fully saturated rings. The number of hydrogen-bond acceptors (Lipinski definition) is 1. The zero-order valence-corrected chi connectivity index (χ0v) is 10.5. The van der Waals surface area contributed by atoms with Crippen LogP contribution in [0.25, 0.3) is 0 Å². The number of rotatable bonds is 6. The normalized spacial score (nSPS) is 10.5. The van der Waals surface area contributed by atoms with Crippen LogP contribution >= 0.6 is 22.9 Å². The molecule has 0 aromatic heterocycles. The van der Waals surface area contributed by atoms with Crippen LogP contribution in [0.2, 0.25) is 1.41 Å². The van der Waals surface area contributed by atoms with Gasteiger partial charge in [-0.1, -0.05) is 0 Å². The largest absolute Gasteiger partial charge is 0.729 e. The lowest BCUT2D eigenvalue weighted by atomic mass is 8.54. The summed E-state index contributed by atoms with van der Waals surface area (Å²) in [4.78, 5) is 0. The third kappa shape index (κ3) is 5.14. The summed E-state index contributed by atoms with van der Waals surface area (Å²) in [6.45, 7) is -0.624. The Hall–Kier alpha value is 1.53. The fourth-order valence-corrected chi connectivity index (χ4v) is 2.07. The summed E-state index contributed by atoms with van der Waals surface area (Å²) in [5.41, 5.74) is 0. The minimum atomic E-state index is -0.812. The predicted octanol–water partition coefficient (Wildman–Crippen LogP) is -4.56. The van der Waals surface area contributed by atoms with Gasteiger partial charge >= 0.3 is 0 Å². The molecular weight excluding hydrogens is 281 g/mol. The number of halogens is 1. The van der Waals surface area contributed by atoms with Gasteiger partial charge in [0.25, 0.3) is 0 Å². The Bertz CT molecular complexity index is 184. The molecule has 0 heterocycles. The maximum Gasteiger partial charge on any atom is 0.124 e. The second-order valence-corrected chi connectivity index (χ2v) is 4.03. The minimum Gasteiger partial charge on any atom is -0.729 e. The van der Waals surface area contributed by atoms with Gasteiger partial charge in [0.05, 0.1) is 0 Å². The van der Waals surface area contributed by atoms with E-state index in [1.807, 2.05) is 0 Å². The summed E-state index contributed by atoms with van der Waals surface area (Å²) in [6, 6.07) is 0. The van der Waals surface area contributed by atoms with Crippen molar-refractivity contribution in [2.24, 2.45) is 0 Å². The van der Waals surface area contributed by atoms with E-state index in [2.05, 4.69) is 0 Å². The number of hydrogen-bond donors (Lipinski definition) is 1. The average Bonchev–Trinajstić information content (AvgIpc) is 2.10. The molecule has 0 spiro atoms. The first-order chi connectivity index (χ1) is 7.20. The highest BCUT2D eigenvalue weighted by Gasteiger charge is 2.33. The van der Waals surface area contributed by atoms with E-state index < -0.39 is 38.6 Å². The lowest BCUT2D eigenvalue weighted by Gasteiger charge is -2.46. The minimum absolute atomic E-state index is 0.584. The van der Waals surface area contributed by atoms with E-state index in [1.54, 1.807) is 22.9 Å². The maximum atomic E-state index is 7.58. The van der Waals surface area contributed by atoms with Gasteiger partial charge in [-0.3, -0.25) is 0 Å². The third-order valence-electron chi connectivity index (χ3n) is 2.23. The van der Waals surface area contributed by atoms with Crippen LogP contribution in [-0.2, 0) is 0 Å². The van der Waals surface area contributed by atoms with Crippen molar-refractivity contribution >= 4 is 116 Å². The highest BCUT2D eigenvalue weighted by molar-refractivity contribution is 14.1. The van der Waals surface area contributed by atoms with Crippen molar-refractivity contribution in [3.8, 4) is 0 Å². The summed E-state index contributed by atoms with van der Waals surface area (Å²) in [5.74, 6) is 0. The molecule has 1 N–H and O–H groups in total. The molecular formula is HB13IN-2. The van der Waals surface area contributed by atoms with Crippen molar-refractivity contribution in [1.82, 2.24) is 3.43 Å². The second-order valence-electron chi connectivity index (χ2n) is 3.47. The van der Waals surface area contributed by atoms with E-state index in [1.165, 1.54) is 0 Å². The molecule has 0 bridgehead atoms. The molecule has 0 aromatic rings. The van der Waals surface area contributed by atoms with E-state index in [0.717, 1.165) is 3.43 Å². The summed E-state index contributed by atoms with van der Waals surface area (Å²) in [7, 11) is 39.1. The average molecular weight is 284 g/mol. The van der Waals surface area contributed by atoms with Crippen LogP contribution in [0.3, 0.4) is 0 Å². The van der Waals surface area contributed by atoms with Gasteiger partial charge in [-0.15, -0.1) is 0 Å². The van der Waals surface area contributed by atoms with E-state index >= 15 is 0 Å². The van der Waals surface area contributed by atoms with E-state index in [4.69, 9.17) is 55.6 Å². The monoisotopic (exact) mass is 287 g/mol. The molecule has 0 aromatic carbocycles. The first kappa shape index (κ1) is 14.6. The van der Waals surface area contributed by atoms with Crippen LogP contribution in [0, 0.1) is 0 Å². The van der Waals surface area contributed by atoms with Gasteiger partial charge in [0, 0.05) is 73.0 Å². The third-order valence-corrected chi connectivity index (χ3v) is 2.88. The highest BCUT2D eigenvalue weighted by Crippen LogP contribution is 1.98. The van der Waals surface area contributed by atoms with Crippen LogP contribution in [0.4, 0.5) is 0 Å². The van der Waals surface area contributed by atoms with Gasteiger partial charge in [-0.05, 0) is 14.1 Å². The molecule has 16 radical (unpaired) electrons. The van der Waals surface area contributed by atoms with Crippen LogP contribution in [0.5, 0.6) is 0 Å². The van der Waals surface area contributed by atoms with Crippen molar-refractivity contribution in [1.29, 1.82) is 0 Å². The Balaban J connectivity index is 5.00. The standard InChI is InChI=1S/B13HIN/c1-8(2)11(7)13(15-14)12(9(3)4)10(5)6/h15H/q-2/i/hT. The summed E-state index contributed by atoms with van der Waals surface area (Å²) in [6.07, 6.45) is -3.72. The summed E-state index contributed by atoms with van der Waals surface area (Å²) >= 11 is 1.72. The molecule has 1 nitrogen and oxygen atoms in total.